The topological polar surface area (TPSA) is 52.7 Å². The van der Waals surface area contributed by atoms with Crippen molar-refractivity contribution < 1.29 is 9.59 Å². The van der Waals surface area contributed by atoms with E-state index in [1.54, 1.807) is 11.8 Å². The second-order valence-corrected chi connectivity index (χ2v) is 7.97. The first-order valence-corrected chi connectivity index (χ1v) is 10.2. The zero-order valence-corrected chi connectivity index (χ0v) is 15.8. The van der Waals surface area contributed by atoms with Crippen LogP contribution in [0.4, 0.5) is 0 Å². The molecule has 1 atom stereocenters. The molecule has 1 unspecified atom stereocenters. The number of nitrogens with zero attached hydrogens (tertiary/aromatic N) is 2. The van der Waals surface area contributed by atoms with Crippen LogP contribution in [0, 0.1) is 0 Å². The van der Waals surface area contributed by atoms with Gasteiger partial charge < -0.3 is 15.1 Å². The molecule has 0 radical (unpaired) electrons. The van der Waals surface area contributed by atoms with Crippen molar-refractivity contribution in [3.8, 4) is 0 Å². The molecular formula is C18H24ClN3O2S. The highest BCUT2D eigenvalue weighted by Crippen LogP contribution is 2.27. The molecule has 1 N–H and O–H groups in total. The second kappa shape index (κ2) is 8.92. The second-order valence-electron chi connectivity index (χ2n) is 6.43. The van der Waals surface area contributed by atoms with Crippen molar-refractivity contribution >= 4 is 35.2 Å². The summed E-state index contributed by atoms with van der Waals surface area (Å²) in [6.07, 6.45) is 2.45. The molecule has 2 amide bonds. The van der Waals surface area contributed by atoms with Gasteiger partial charge in [-0.2, -0.15) is 0 Å². The summed E-state index contributed by atoms with van der Waals surface area (Å²) in [6, 6.07) is 7.87. The van der Waals surface area contributed by atoms with Gasteiger partial charge in [-0.05, 0) is 25.0 Å². The molecule has 2 aliphatic rings. The number of hydrogen-bond acceptors (Lipinski definition) is 4. The normalized spacial score (nSPS) is 21.5. The molecule has 2 heterocycles. The van der Waals surface area contributed by atoms with E-state index in [0.29, 0.717) is 19.5 Å². The SMILES string of the molecule is O=C(CCSc1ccccc1Cl)N1CCCC(N2CCNCC2=O)C1. The first-order valence-electron chi connectivity index (χ1n) is 8.80. The Labute approximate surface area is 158 Å². The van der Waals surface area contributed by atoms with E-state index in [0.717, 1.165) is 48.1 Å². The Morgan fingerprint density at radius 1 is 1.32 bits per heavy atom. The summed E-state index contributed by atoms with van der Waals surface area (Å²) >= 11 is 7.76. The predicted molar refractivity (Wildman–Crippen MR) is 101 cm³/mol. The Hall–Kier alpha value is -1.24. The lowest BCUT2D eigenvalue weighted by Gasteiger charge is -2.41. The van der Waals surface area contributed by atoms with Crippen molar-refractivity contribution in [2.45, 2.75) is 30.2 Å². The molecule has 0 spiro atoms. The van der Waals surface area contributed by atoms with Gasteiger partial charge in [-0.15, -0.1) is 11.8 Å². The van der Waals surface area contributed by atoms with Gasteiger partial charge in [0, 0.05) is 49.3 Å². The summed E-state index contributed by atoms with van der Waals surface area (Å²) in [5.41, 5.74) is 0. The van der Waals surface area contributed by atoms with Crippen molar-refractivity contribution in [2.24, 2.45) is 0 Å². The quantitative estimate of drug-likeness (QED) is 0.795. The molecule has 0 bridgehead atoms. The maximum absolute atomic E-state index is 12.5. The molecule has 5 nitrogen and oxygen atoms in total. The first kappa shape index (κ1) is 18.5. The fourth-order valence-corrected chi connectivity index (χ4v) is 4.59. The minimum atomic E-state index is 0.153. The number of rotatable bonds is 5. The molecule has 0 aliphatic carbocycles. The van der Waals surface area contributed by atoms with Gasteiger partial charge >= 0.3 is 0 Å². The van der Waals surface area contributed by atoms with Crippen LogP contribution in [0.15, 0.2) is 29.2 Å². The highest BCUT2D eigenvalue weighted by atomic mass is 35.5. The van der Waals surface area contributed by atoms with E-state index in [1.807, 2.05) is 34.1 Å². The predicted octanol–water partition coefficient (Wildman–Crippen LogP) is 2.25. The summed E-state index contributed by atoms with van der Waals surface area (Å²) in [7, 11) is 0. The molecule has 2 fully saturated rings. The summed E-state index contributed by atoms with van der Waals surface area (Å²) in [5, 5.41) is 3.83. The highest BCUT2D eigenvalue weighted by Gasteiger charge is 2.31. The van der Waals surface area contributed by atoms with Crippen LogP contribution in [0.3, 0.4) is 0 Å². The van der Waals surface area contributed by atoms with Crippen LogP contribution in [-0.2, 0) is 9.59 Å². The van der Waals surface area contributed by atoms with Crippen molar-refractivity contribution in [1.29, 1.82) is 0 Å². The van der Waals surface area contributed by atoms with Crippen LogP contribution >= 0.6 is 23.4 Å². The molecule has 25 heavy (non-hydrogen) atoms. The Balaban J connectivity index is 1.48. The first-order chi connectivity index (χ1) is 12.1. The summed E-state index contributed by atoms with van der Waals surface area (Å²) < 4.78 is 0. The fourth-order valence-electron chi connectivity index (χ4n) is 3.41. The molecule has 2 saturated heterocycles. The highest BCUT2D eigenvalue weighted by molar-refractivity contribution is 7.99. The number of carbonyl (C=O) groups excluding carboxylic acids is 2. The number of likely N-dealkylation sites (tertiary alicyclic amines) is 1. The summed E-state index contributed by atoms with van der Waals surface area (Å²) in [4.78, 5) is 29.5. The number of thioether (sulfide) groups is 1. The standard InChI is InChI=1S/C18H24ClN3O2S/c19-15-5-1-2-6-16(15)25-11-7-17(23)21-9-3-4-14(13-21)22-10-8-20-12-18(22)24/h1-2,5-6,14,20H,3-4,7-13H2. The Morgan fingerprint density at radius 2 is 2.16 bits per heavy atom. The molecule has 7 heteroatoms. The van der Waals surface area contributed by atoms with Crippen molar-refractivity contribution in [3.05, 3.63) is 29.3 Å². The van der Waals surface area contributed by atoms with Crippen LogP contribution in [0.25, 0.3) is 0 Å². The van der Waals surface area contributed by atoms with Crippen LogP contribution < -0.4 is 5.32 Å². The maximum atomic E-state index is 12.5. The average molecular weight is 382 g/mol. The Bertz CT molecular complexity index is 628. The largest absolute Gasteiger partial charge is 0.341 e. The number of piperazine rings is 1. The number of hydrogen-bond donors (Lipinski definition) is 1. The van der Waals surface area contributed by atoms with Gasteiger partial charge in [0.25, 0.3) is 0 Å². The fraction of sp³-hybridized carbons (Fsp3) is 0.556. The Morgan fingerprint density at radius 3 is 2.96 bits per heavy atom. The van der Waals surface area contributed by atoms with E-state index in [-0.39, 0.29) is 17.9 Å². The number of amides is 2. The number of halogens is 1. The average Bonchev–Trinajstić information content (AvgIpc) is 2.64. The van der Waals surface area contributed by atoms with Crippen LogP contribution in [0.5, 0.6) is 0 Å². The van der Waals surface area contributed by atoms with Gasteiger partial charge in [0.05, 0.1) is 11.6 Å². The lowest BCUT2D eigenvalue weighted by molar-refractivity contribution is -0.140. The number of piperidine rings is 1. The van der Waals surface area contributed by atoms with Crippen LogP contribution in [0.1, 0.15) is 19.3 Å². The van der Waals surface area contributed by atoms with Gasteiger partial charge in [0.2, 0.25) is 11.8 Å². The maximum Gasteiger partial charge on any atom is 0.236 e. The van der Waals surface area contributed by atoms with Crippen molar-refractivity contribution in [3.63, 3.8) is 0 Å². The van der Waals surface area contributed by atoms with Gasteiger partial charge in [-0.1, -0.05) is 23.7 Å². The van der Waals surface area contributed by atoms with E-state index in [1.165, 1.54) is 0 Å². The molecule has 1 aromatic rings. The van der Waals surface area contributed by atoms with E-state index in [9.17, 15) is 9.59 Å². The number of benzene rings is 1. The third-order valence-electron chi connectivity index (χ3n) is 4.73. The molecule has 2 aliphatic heterocycles. The molecule has 136 valence electrons. The molecule has 0 aromatic heterocycles. The minimum absolute atomic E-state index is 0.153. The van der Waals surface area contributed by atoms with Gasteiger partial charge in [0.1, 0.15) is 0 Å². The van der Waals surface area contributed by atoms with Gasteiger partial charge in [-0.25, -0.2) is 0 Å². The van der Waals surface area contributed by atoms with Crippen molar-refractivity contribution in [1.82, 2.24) is 15.1 Å². The molecule has 0 saturated carbocycles. The van der Waals surface area contributed by atoms with Gasteiger partial charge in [-0.3, -0.25) is 9.59 Å². The van der Waals surface area contributed by atoms with Crippen LogP contribution in [-0.4, -0.2) is 66.1 Å². The number of nitrogens with one attached hydrogen (secondary N) is 1. The number of carbonyl (C=O) groups is 2. The third kappa shape index (κ3) is 4.90. The minimum Gasteiger partial charge on any atom is -0.341 e. The molecule has 1 aromatic carbocycles. The van der Waals surface area contributed by atoms with Crippen LogP contribution in [0.2, 0.25) is 5.02 Å². The molecule has 3 rings (SSSR count). The monoisotopic (exact) mass is 381 g/mol. The van der Waals surface area contributed by atoms with Crippen molar-refractivity contribution in [2.75, 3.05) is 38.5 Å². The summed E-state index contributed by atoms with van der Waals surface area (Å²) in [6.45, 7) is 3.46. The van der Waals surface area contributed by atoms with E-state index < -0.39 is 0 Å². The third-order valence-corrected chi connectivity index (χ3v) is 6.24. The zero-order valence-electron chi connectivity index (χ0n) is 14.2. The smallest absolute Gasteiger partial charge is 0.236 e. The van der Waals surface area contributed by atoms with Gasteiger partial charge in [0.15, 0.2) is 0 Å². The van der Waals surface area contributed by atoms with E-state index >= 15 is 0 Å². The zero-order chi connectivity index (χ0) is 17.6. The van der Waals surface area contributed by atoms with E-state index in [4.69, 9.17) is 11.6 Å². The lowest BCUT2D eigenvalue weighted by atomic mass is 10.0. The molecular weight excluding hydrogens is 358 g/mol. The Kier molecular flexibility index (Phi) is 6.62. The van der Waals surface area contributed by atoms with E-state index in [2.05, 4.69) is 5.32 Å². The summed E-state index contributed by atoms with van der Waals surface area (Å²) in [5.74, 6) is 1.04. The lowest BCUT2D eigenvalue weighted by Crippen LogP contribution is -2.57.